The normalized spacial score (nSPS) is 19.7. The first-order chi connectivity index (χ1) is 9.66. The van der Waals surface area contributed by atoms with Crippen molar-refractivity contribution >= 4 is 37.5 Å². The maximum Gasteiger partial charge on any atom is 0.501 e. The SMILES string of the molecule is O=C1OC(CBr)CN1c1ccc(S(=O)(=O)C(F)(F)F)cc1. The van der Waals surface area contributed by atoms with E-state index in [4.69, 9.17) is 4.74 Å². The van der Waals surface area contributed by atoms with Gasteiger partial charge in [0.2, 0.25) is 0 Å². The number of benzene rings is 1. The van der Waals surface area contributed by atoms with E-state index in [0.29, 0.717) is 5.33 Å². The summed E-state index contributed by atoms with van der Waals surface area (Å²) < 4.78 is 64.6. The zero-order chi connectivity index (χ0) is 15.8. The molecule has 1 amide bonds. The Kier molecular flexibility index (Phi) is 4.20. The molecule has 1 aliphatic rings. The summed E-state index contributed by atoms with van der Waals surface area (Å²) in [6, 6.07) is 3.90. The van der Waals surface area contributed by atoms with Gasteiger partial charge in [0.25, 0.3) is 9.84 Å². The Labute approximate surface area is 126 Å². The van der Waals surface area contributed by atoms with Crippen LogP contribution >= 0.6 is 15.9 Å². The molecule has 1 heterocycles. The molecule has 0 bridgehead atoms. The highest BCUT2D eigenvalue weighted by Crippen LogP contribution is 2.31. The average molecular weight is 388 g/mol. The number of halogens is 4. The predicted octanol–water partition coefficient (Wildman–Crippen LogP) is 2.70. The van der Waals surface area contributed by atoms with Gasteiger partial charge in [-0.25, -0.2) is 13.2 Å². The van der Waals surface area contributed by atoms with Crippen LogP contribution in [0.4, 0.5) is 23.7 Å². The summed E-state index contributed by atoms with van der Waals surface area (Å²) in [5.74, 6) is 0. The van der Waals surface area contributed by atoms with Crippen molar-refractivity contribution in [2.75, 3.05) is 16.8 Å². The summed E-state index contributed by atoms with van der Waals surface area (Å²) in [5.41, 5.74) is -5.09. The molecule has 10 heteroatoms. The first kappa shape index (κ1) is 16.1. The Bertz CT molecular complexity index is 644. The fourth-order valence-corrected chi connectivity index (χ4v) is 2.85. The number of ether oxygens (including phenoxy) is 1. The number of rotatable bonds is 3. The highest BCUT2D eigenvalue weighted by molar-refractivity contribution is 9.09. The Morgan fingerprint density at radius 3 is 2.29 bits per heavy atom. The summed E-state index contributed by atoms with van der Waals surface area (Å²) in [6.45, 7) is 0.232. The topological polar surface area (TPSA) is 63.7 Å². The van der Waals surface area contributed by atoms with Crippen molar-refractivity contribution in [2.24, 2.45) is 0 Å². The lowest BCUT2D eigenvalue weighted by Crippen LogP contribution is -2.25. The molecular formula is C11H9BrF3NO4S. The minimum atomic E-state index is -5.39. The van der Waals surface area contributed by atoms with Gasteiger partial charge in [-0.2, -0.15) is 13.2 Å². The molecule has 0 saturated carbocycles. The standard InChI is InChI=1S/C11H9BrF3NO4S/c12-5-8-6-16(10(17)20-8)7-1-3-9(4-2-7)21(18,19)11(13,14)15/h1-4,8H,5-6H2. The van der Waals surface area contributed by atoms with Crippen molar-refractivity contribution in [2.45, 2.75) is 16.5 Å². The number of carbonyl (C=O) groups is 1. The third-order valence-electron chi connectivity index (χ3n) is 2.81. The van der Waals surface area contributed by atoms with Gasteiger partial charge in [-0.1, -0.05) is 15.9 Å². The third kappa shape index (κ3) is 3.00. The Morgan fingerprint density at radius 1 is 1.29 bits per heavy atom. The van der Waals surface area contributed by atoms with Gasteiger partial charge in [-0.15, -0.1) is 0 Å². The molecule has 1 saturated heterocycles. The molecule has 1 aliphatic heterocycles. The molecular weight excluding hydrogens is 379 g/mol. The molecule has 1 atom stereocenters. The molecule has 0 radical (unpaired) electrons. The highest BCUT2D eigenvalue weighted by atomic mass is 79.9. The molecule has 0 aliphatic carbocycles. The molecule has 116 valence electrons. The van der Waals surface area contributed by atoms with Gasteiger partial charge >= 0.3 is 11.6 Å². The van der Waals surface area contributed by atoms with Crippen molar-refractivity contribution in [3.05, 3.63) is 24.3 Å². The molecule has 1 unspecified atom stereocenters. The average Bonchev–Trinajstić information content (AvgIpc) is 2.79. The second kappa shape index (κ2) is 5.48. The maximum atomic E-state index is 12.4. The van der Waals surface area contributed by atoms with E-state index in [1.54, 1.807) is 0 Å². The molecule has 0 aromatic heterocycles. The minimum absolute atomic E-state index is 0.232. The Morgan fingerprint density at radius 2 is 1.86 bits per heavy atom. The number of carbonyl (C=O) groups excluding carboxylic acids is 1. The summed E-state index contributed by atoms with van der Waals surface area (Å²) in [5, 5.41) is 0.426. The van der Waals surface area contributed by atoms with Crippen LogP contribution in [-0.2, 0) is 14.6 Å². The second-order valence-electron chi connectivity index (χ2n) is 4.21. The van der Waals surface area contributed by atoms with E-state index in [0.717, 1.165) is 24.3 Å². The first-order valence-electron chi connectivity index (χ1n) is 5.62. The number of hydrogen-bond acceptors (Lipinski definition) is 4. The van der Waals surface area contributed by atoms with Gasteiger partial charge < -0.3 is 4.74 Å². The van der Waals surface area contributed by atoms with Crippen molar-refractivity contribution in [1.29, 1.82) is 0 Å². The quantitative estimate of drug-likeness (QED) is 0.748. The summed E-state index contributed by atoms with van der Waals surface area (Å²) in [7, 11) is -5.39. The van der Waals surface area contributed by atoms with E-state index < -0.39 is 26.3 Å². The maximum absolute atomic E-state index is 12.4. The number of hydrogen-bond donors (Lipinski definition) is 0. The highest BCUT2D eigenvalue weighted by Gasteiger charge is 2.46. The zero-order valence-corrected chi connectivity index (χ0v) is 12.7. The fraction of sp³-hybridized carbons (Fsp3) is 0.364. The van der Waals surface area contributed by atoms with Crippen LogP contribution in [0.25, 0.3) is 0 Å². The van der Waals surface area contributed by atoms with Gasteiger partial charge in [0, 0.05) is 11.0 Å². The van der Waals surface area contributed by atoms with Crippen LogP contribution < -0.4 is 4.90 Å². The smallest absolute Gasteiger partial charge is 0.443 e. The molecule has 21 heavy (non-hydrogen) atoms. The van der Waals surface area contributed by atoms with Gasteiger partial charge in [-0.3, -0.25) is 4.90 Å². The lowest BCUT2D eigenvalue weighted by atomic mass is 10.3. The van der Waals surface area contributed by atoms with E-state index in [-0.39, 0.29) is 18.3 Å². The van der Waals surface area contributed by atoms with Crippen molar-refractivity contribution in [3.8, 4) is 0 Å². The molecule has 0 N–H and O–H groups in total. The van der Waals surface area contributed by atoms with Crippen molar-refractivity contribution in [1.82, 2.24) is 0 Å². The van der Waals surface area contributed by atoms with Crippen LogP contribution in [0.3, 0.4) is 0 Å². The Balaban J connectivity index is 2.27. The molecule has 2 rings (SSSR count). The summed E-state index contributed by atoms with van der Waals surface area (Å²) >= 11 is 3.16. The zero-order valence-electron chi connectivity index (χ0n) is 10.3. The first-order valence-corrected chi connectivity index (χ1v) is 8.23. The van der Waals surface area contributed by atoms with E-state index in [1.165, 1.54) is 4.90 Å². The summed E-state index contributed by atoms with van der Waals surface area (Å²) in [4.78, 5) is 11.9. The van der Waals surface area contributed by atoms with E-state index in [2.05, 4.69) is 15.9 Å². The predicted molar refractivity (Wildman–Crippen MR) is 71.1 cm³/mol. The van der Waals surface area contributed by atoms with Crippen molar-refractivity contribution < 1.29 is 31.1 Å². The summed E-state index contributed by atoms with van der Waals surface area (Å²) in [6.07, 6.45) is -0.998. The van der Waals surface area contributed by atoms with E-state index in [1.807, 2.05) is 0 Å². The number of sulfone groups is 1. The van der Waals surface area contributed by atoms with Crippen LogP contribution in [0.2, 0.25) is 0 Å². The van der Waals surface area contributed by atoms with Crippen LogP contribution in [0.5, 0.6) is 0 Å². The van der Waals surface area contributed by atoms with Crippen LogP contribution in [-0.4, -0.2) is 38.0 Å². The van der Waals surface area contributed by atoms with Crippen molar-refractivity contribution in [3.63, 3.8) is 0 Å². The van der Waals surface area contributed by atoms with Crippen LogP contribution in [0.15, 0.2) is 29.2 Å². The molecule has 1 fully saturated rings. The monoisotopic (exact) mass is 387 g/mol. The lowest BCUT2D eigenvalue weighted by molar-refractivity contribution is -0.0436. The van der Waals surface area contributed by atoms with Gasteiger partial charge in [0.05, 0.1) is 11.4 Å². The third-order valence-corrected chi connectivity index (χ3v) is 5.03. The largest absolute Gasteiger partial charge is 0.501 e. The minimum Gasteiger partial charge on any atom is -0.443 e. The Hall–Kier alpha value is -1.29. The lowest BCUT2D eigenvalue weighted by Gasteiger charge is -2.14. The van der Waals surface area contributed by atoms with Gasteiger partial charge in [-0.05, 0) is 24.3 Å². The van der Waals surface area contributed by atoms with E-state index >= 15 is 0 Å². The van der Waals surface area contributed by atoms with E-state index in [9.17, 15) is 26.4 Å². The van der Waals surface area contributed by atoms with Crippen LogP contribution in [0, 0.1) is 0 Å². The molecule has 0 spiro atoms. The second-order valence-corrected chi connectivity index (χ2v) is 6.80. The van der Waals surface area contributed by atoms with Gasteiger partial charge in [0.1, 0.15) is 6.10 Å². The fourth-order valence-electron chi connectivity index (χ4n) is 1.75. The van der Waals surface area contributed by atoms with Gasteiger partial charge in [0.15, 0.2) is 0 Å². The van der Waals surface area contributed by atoms with Crippen LogP contribution in [0.1, 0.15) is 0 Å². The number of anilines is 1. The number of cyclic esters (lactones) is 1. The molecule has 1 aromatic rings. The number of nitrogens with zero attached hydrogens (tertiary/aromatic N) is 1. The number of alkyl halides is 4. The molecule has 1 aromatic carbocycles. The number of amides is 1. The molecule has 5 nitrogen and oxygen atoms in total.